The number of hydrogen-bond acceptors (Lipinski definition) is 3. The van der Waals surface area contributed by atoms with Crippen molar-refractivity contribution in [3.8, 4) is 5.75 Å². The van der Waals surface area contributed by atoms with Crippen LogP contribution in [0, 0.1) is 6.92 Å². The van der Waals surface area contributed by atoms with Gasteiger partial charge in [-0.1, -0.05) is 17.7 Å². The molecular formula is C15H23NO2. The molecule has 18 heavy (non-hydrogen) atoms. The van der Waals surface area contributed by atoms with Gasteiger partial charge in [-0.05, 0) is 39.7 Å². The van der Waals surface area contributed by atoms with E-state index in [1.165, 1.54) is 5.56 Å². The second-order valence-electron chi connectivity index (χ2n) is 5.29. The highest BCUT2D eigenvalue weighted by Crippen LogP contribution is 2.26. The van der Waals surface area contributed by atoms with Crippen LogP contribution in [0.5, 0.6) is 5.75 Å². The lowest BCUT2D eigenvalue weighted by Crippen LogP contribution is -2.38. The Hall–Kier alpha value is -1.06. The number of phenolic OH excluding ortho intramolecular Hbond substituents is 1. The molecule has 0 spiro atoms. The van der Waals surface area contributed by atoms with Crippen LogP contribution in [0.15, 0.2) is 18.2 Å². The molecule has 1 aromatic carbocycles. The van der Waals surface area contributed by atoms with Crippen LogP contribution in [0.1, 0.15) is 43.9 Å². The van der Waals surface area contributed by atoms with E-state index >= 15 is 0 Å². The molecule has 1 aliphatic heterocycles. The first-order chi connectivity index (χ1) is 8.58. The van der Waals surface area contributed by atoms with Crippen molar-refractivity contribution in [1.82, 2.24) is 5.32 Å². The molecule has 0 bridgehead atoms. The van der Waals surface area contributed by atoms with Gasteiger partial charge < -0.3 is 15.2 Å². The number of benzene rings is 1. The standard InChI is InChI=1S/C15H23NO2/c1-10-6-7-14(17)13(9-10)11(2)16-12(3)15-5-4-8-18-15/h6-7,9,11-12,15-17H,4-5,8H2,1-3H3. The summed E-state index contributed by atoms with van der Waals surface area (Å²) < 4.78 is 5.68. The zero-order valence-corrected chi connectivity index (χ0v) is 11.4. The Morgan fingerprint density at radius 1 is 1.39 bits per heavy atom. The molecule has 1 aromatic rings. The zero-order chi connectivity index (χ0) is 13.1. The van der Waals surface area contributed by atoms with Crippen LogP contribution in [0.2, 0.25) is 0 Å². The Kier molecular flexibility index (Phi) is 4.25. The predicted octanol–water partition coefficient (Wildman–Crippen LogP) is 2.92. The van der Waals surface area contributed by atoms with E-state index in [0.29, 0.717) is 17.9 Å². The third kappa shape index (κ3) is 3.03. The largest absolute Gasteiger partial charge is 0.508 e. The summed E-state index contributed by atoms with van der Waals surface area (Å²) in [6.45, 7) is 7.15. The van der Waals surface area contributed by atoms with Gasteiger partial charge in [0.05, 0.1) is 6.10 Å². The summed E-state index contributed by atoms with van der Waals surface area (Å²) in [6, 6.07) is 6.16. The molecule has 3 atom stereocenters. The lowest BCUT2D eigenvalue weighted by Gasteiger charge is -2.25. The van der Waals surface area contributed by atoms with Gasteiger partial charge in [0.25, 0.3) is 0 Å². The van der Waals surface area contributed by atoms with E-state index < -0.39 is 0 Å². The first-order valence-corrected chi connectivity index (χ1v) is 6.75. The quantitative estimate of drug-likeness (QED) is 0.862. The van der Waals surface area contributed by atoms with Crippen LogP contribution in [0.4, 0.5) is 0 Å². The van der Waals surface area contributed by atoms with Crippen molar-refractivity contribution in [2.45, 2.75) is 51.8 Å². The van der Waals surface area contributed by atoms with Crippen molar-refractivity contribution in [1.29, 1.82) is 0 Å². The molecule has 1 heterocycles. The van der Waals surface area contributed by atoms with Crippen molar-refractivity contribution in [3.63, 3.8) is 0 Å². The number of hydrogen-bond donors (Lipinski definition) is 2. The van der Waals surface area contributed by atoms with Gasteiger partial charge in [0, 0.05) is 24.3 Å². The highest BCUT2D eigenvalue weighted by Gasteiger charge is 2.24. The van der Waals surface area contributed by atoms with Crippen molar-refractivity contribution in [3.05, 3.63) is 29.3 Å². The van der Waals surface area contributed by atoms with Crippen LogP contribution in [-0.2, 0) is 4.74 Å². The molecule has 1 aliphatic rings. The Bertz CT molecular complexity index is 399. The third-order valence-electron chi connectivity index (χ3n) is 3.69. The SMILES string of the molecule is Cc1ccc(O)c(C(C)NC(C)C2CCCO2)c1. The normalized spacial score (nSPS) is 22.9. The van der Waals surface area contributed by atoms with Gasteiger partial charge in [-0.25, -0.2) is 0 Å². The number of rotatable bonds is 4. The minimum Gasteiger partial charge on any atom is -0.508 e. The number of nitrogens with one attached hydrogen (secondary N) is 1. The summed E-state index contributed by atoms with van der Waals surface area (Å²) in [7, 11) is 0. The molecule has 3 heteroatoms. The second-order valence-corrected chi connectivity index (χ2v) is 5.29. The fourth-order valence-electron chi connectivity index (χ4n) is 2.61. The number of aryl methyl sites for hydroxylation is 1. The molecule has 1 saturated heterocycles. The molecule has 0 saturated carbocycles. The van der Waals surface area contributed by atoms with E-state index in [4.69, 9.17) is 4.74 Å². The molecule has 0 aromatic heterocycles. The monoisotopic (exact) mass is 249 g/mol. The molecule has 2 N–H and O–H groups in total. The van der Waals surface area contributed by atoms with E-state index in [9.17, 15) is 5.11 Å². The molecule has 0 amide bonds. The van der Waals surface area contributed by atoms with E-state index in [2.05, 4.69) is 19.2 Å². The molecule has 100 valence electrons. The Morgan fingerprint density at radius 3 is 2.83 bits per heavy atom. The van der Waals surface area contributed by atoms with Crippen molar-refractivity contribution >= 4 is 0 Å². The van der Waals surface area contributed by atoms with Gasteiger partial charge in [-0.2, -0.15) is 0 Å². The topological polar surface area (TPSA) is 41.5 Å². The second kappa shape index (κ2) is 5.72. The predicted molar refractivity (Wildman–Crippen MR) is 72.8 cm³/mol. The van der Waals surface area contributed by atoms with Crippen LogP contribution in [0.3, 0.4) is 0 Å². The van der Waals surface area contributed by atoms with Crippen molar-refractivity contribution < 1.29 is 9.84 Å². The molecule has 3 unspecified atom stereocenters. The minimum absolute atomic E-state index is 0.129. The molecule has 0 aliphatic carbocycles. The van der Waals surface area contributed by atoms with Crippen molar-refractivity contribution in [2.75, 3.05) is 6.61 Å². The summed E-state index contributed by atoms with van der Waals surface area (Å²) in [5.41, 5.74) is 2.13. The zero-order valence-electron chi connectivity index (χ0n) is 11.4. The van der Waals surface area contributed by atoms with E-state index in [1.54, 1.807) is 6.07 Å². The summed E-state index contributed by atoms with van der Waals surface area (Å²) in [5.74, 6) is 0.361. The Morgan fingerprint density at radius 2 is 2.17 bits per heavy atom. The van der Waals surface area contributed by atoms with Gasteiger partial charge in [-0.3, -0.25) is 0 Å². The molecule has 0 radical (unpaired) electrons. The van der Waals surface area contributed by atoms with Crippen molar-refractivity contribution in [2.24, 2.45) is 0 Å². The number of phenols is 1. The molecule has 3 nitrogen and oxygen atoms in total. The first-order valence-electron chi connectivity index (χ1n) is 6.75. The van der Waals surface area contributed by atoms with Gasteiger partial charge in [-0.15, -0.1) is 0 Å². The summed E-state index contributed by atoms with van der Waals surface area (Å²) in [4.78, 5) is 0. The fraction of sp³-hybridized carbons (Fsp3) is 0.600. The van der Waals surface area contributed by atoms with Gasteiger partial charge >= 0.3 is 0 Å². The number of ether oxygens (including phenoxy) is 1. The van der Waals surface area contributed by atoms with Crippen LogP contribution in [-0.4, -0.2) is 23.9 Å². The third-order valence-corrected chi connectivity index (χ3v) is 3.69. The van der Waals surface area contributed by atoms with Gasteiger partial charge in [0.15, 0.2) is 0 Å². The smallest absolute Gasteiger partial charge is 0.120 e. The maximum absolute atomic E-state index is 9.91. The van der Waals surface area contributed by atoms with Gasteiger partial charge in [0.2, 0.25) is 0 Å². The molecule has 2 rings (SSSR count). The molecular weight excluding hydrogens is 226 g/mol. The molecule has 1 fully saturated rings. The maximum atomic E-state index is 9.91. The lowest BCUT2D eigenvalue weighted by molar-refractivity contribution is 0.0803. The Balaban J connectivity index is 2.02. The fourth-order valence-corrected chi connectivity index (χ4v) is 2.61. The van der Waals surface area contributed by atoms with Crippen LogP contribution in [0.25, 0.3) is 0 Å². The summed E-state index contributed by atoms with van der Waals surface area (Å²) in [5, 5.41) is 13.4. The van der Waals surface area contributed by atoms with E-state index in [-0.39, 0.29) is 6.04 Å². The average Bonchev–Trinajstić information content (AvgIpc) is 2.85. The summed E-state index contributed by atoms with van der Waals surface area (Å²) in [6.07, 6.45) is 2.58. The Labute approximate surface area is 109 Å². The minimum atomic E-state index is 0.129. The highest BCUT2D eigenvalue weighted by molar-refractivity contribution is 5.37. The van der Waals surface area contributed by atoms with Crippen LogP contribution < -0.4 is 5.32 Å². The van der Waals surface area contributed by atoms with Gasteiger partial charge in [0.1, 0.15) is 5.75 Å². The van der Waals surface area contributed by atoms with E-state index in [1.807, 2.05) is 19.1 Å². The average molecular weight is 249 g/mol. The maximum Gasteiger partial charge on any atom is 0.120 e. The first kappa shape index (κ1) is 13.4. The van der Waals surface area contributed by atoms with E-state index in [0.717, 1.165) is 25.0 Å². The number of aromatic hydroxyl groups is 1. The van der Waals surface area contributed by atoms with Crippen LogP contribution >= 0.6 is 0 Å². The lowest BCUT2D eigenvalue weighted by atomic mass is 10.0. The summed E-state index contributed by atoms with van der Waals surface area (Å²) >= 11 is 0. The highest BCUT2D eigenvalue weighted by atomic mass is 16.5.